The first-order chi connectivity index (χ1) is 15.0. The van der Waals surface area contributed by atoms with Crippen LogP contribution in [0, 0.1) is 17.2 Å². The van der Waals surface area contributed by atoms with E-state index in [4.69, 9.17) is 14.7 Å². The summed E-state index contributed by atoms with van der Waals surface area (Å²) in [5.74, 6) is 1.18. The smallest absolute Gasteiger partial charge is 0.304 e. The van der Waals surface area contributed by atoms with E-state index in [-0.39, 0.29) is 6.04 Å². The second-order valence-corrected chi connectivity index (χ2v) is 10.3. The van der Waals surface area contributed by atoms with Crippen molar-refractivity contribution in [2.24, 2.45) is 5.92 Å². The molecule has 2 heterocycles. The van der Waals surface area contributed by atoms with E-state index in [1.54, 1.807) is 11.4 Å². The highest BCUT2D eigenvalue weighted by Gasteiger charge is 2.42. The van der Waals surface area contributed by atoms with Crippen LogP contribution in [0.1, 0.15) is 38.5 Å². The molecule has 1 unspecified atom stereocenters. The first kappa shape index (κ1) is 22.2. The molecule has 0 amide bonds. The van der Waals surface area contributed by atoms with Crippen molar-refractivity contribution < 1.29 is 17.9 Å². The molecule has 31 heavy (non-hydrogen) atoms. The van der Waals surface area contributed by atoms with Gasteiger partial charge in [0.25, 0.3) is 0 Å². The lowest BCUT2D eigenvalue weighted by Crippen LogP contribution is -2.42. The quantitative estimate of drug-likeness (QED) is 0.665. The minimum Gasteiger partial charge on any atom is -0.495 e. The molecule has 0 radical (unpaired) electrons. The number of methoxy groups -OCH3 is 1. The van der Waals surface area contributed by atoms with Crippen LogP contribution in [-0.4, -0.2) is 65.3 Å². The number of benzene rings is 1. The number of hydrogen-bond acceptors (Lipinski definition) is 6. The Kier molecular flexibility index (Phi) is 6.89. The van der Waals surface area contributed by atoms with Crippen LogP contribution in [0.2, 0.25) is 0 Å². The highest BCUT2D eigenvalue weighted by atomic mass is 32.2. The van der Waals surface area contributed by atoms with Gasteiger partial charge in [0.1, 0.15) is 5.75 Å². The molecule has 9 heteroatoms. The zero-order valence-corrected chi connectivity index (χ0v) is 19.0. The molecular formula is C22H32N4O4S. The average Bonchev–Trinajstić information content (AvgIpc) is 3.12. The molecule has 0 bridgehead atoms. The molecule has 1 aromatic carbocycles. The zero-order valence-electron chi connectivity index (χ0n) is 18.2. The van der Waals surface area contributed by atoms with E-state index in [2.05, 4.69) is 11.0 Å². The van der Waals surface area contributed by atoms with Gasteiger partial charge in [-0.2, -0.15) is 18.0 Å². The third kappa shape index (κ3) is 4.61. The van der Waals surface area contributed by atoms with Crippen LogP contribution in [-0.2, 0) is 14.9 Å². The third-order valence-corrected chi connectivity index (χ3v) is 8.75. The molecule has 170 valence electrons. The molecular weight excluding hydrogens is 416 g/mol. The van der Waals surface area contributed by atoms with Gasteiger partial charge in [-0.3, -0.25) is 4.31 Å². The summed E-state index contributed by atoms with van der Waals surface area (Å²) in [4.78, 5) is 2.19. The van der Waals surface area contributed by atoms with Gasteiger partial charge in [0.15, 0.2) is 0 Å². The van der Waals surface area contributed by atoms with Crippen LogP contribution < -0.4 is 13.9 Å². The van der Waals surface area contributed by atoms with Crippen molar-refractivity contribution in [1.29, 1.82) is 5.26 Å². The molecule has 4 rings (SSSR count). The number of nitriles is 1. The van der Waals surface area contributed by atoms with Gasteiger partial charge in [0.05, 0.1) is 37.8 Å². The van der Waals surface area contributed by atoms with Gasteiger partial charge in [-0.15, -0.1) is 0 Å². The van der Waals surface area contributed by atoms with E-state index in [0.29, 0.717) is 44.3 Å². The number of nitrogens with zero attached hydrogens (tertiary/aromatic N) is 4. The van der Waals surface area contributed by atoms with E-state index in [1.807, 2.05) is 18.2 Å². The number of morpholine rings is 1. The van der Waals surface area contributed by atoms with Gasteiger partial charge < -0.3 is 14.4 Å². The average molecular weight is 449 g/mol. The molecule has 0 spiro atoms. The summed E-state index contributed by atoms with van der Waals surface area (Å²) in [6.07, 6.45) is 5.29. The van der Waals surface area contributed by atoms with Crippen molar-refractivity contribution in [3.8, 4) is 11.8 Å². The Morgan fingerprint density at radius 3 is 2.74 bits per heavy atom. The monoisotopic (exact) mass is 448 g/mol. The van der Waals surface area contributed by atoms with Crippen molar-refractivity contribution in [3.05, 3.63) is 18.2 Å². The highest BCUT2D eigenvalue weighted by Crippen LogP contribution is 2.38. The second kappa shape index (κ2) is 9.63. The first-order valence-corrected chi connectivity index (χ1v) is 12.6. The Balaban J connectivity index is 1.54. The molecule has 0 N–H and O–H groups in total. The van der Waals surface area contributed by atoms with Gasteiger partial charge in [-0.25, -0.2) is 0 Å². The van der Waals surface area contributed by atoms with Crippen LogP contribution in [0.5, 0.6) is 5.75 Å². The Morgan fingerprint density at radius 2 is 2.00 bits per heavy atom. The fourth-order valence-electron chi connectivity index (χ4n) is 5.12. The molecule has 2 saturated heterocycles. The molecule has 1 aromatic rings. The van der Waals surface area contributed by atoms with Gasteiger partial charge in [-0.05, 0) is 43.4 Å². The minimum absolute atomic E-state index is 0.0319. The number of ether oxygens (including phenoxy) is 2. The Hall–Kier alpha value is -2.02. The largest absolute Gasteiger partial charge is 0.495 e. The van der Waals surface area contributed by atoms with E-state index in [1.165, 1.54) is 4.31 Å². The lowest BCUT2D eigenvalue weighted by atomic mass is 9.83. The summed E-state index contributed by atoms with van der Waals surface area (Å²) in [6.45, 7) is 3.78. The fraction of sp³-hybridized carbons (Fsp3) is 0.682. The van der Waals surface area contributed by atoms with Crippen molar-refractivity contribution in [3.63, 3.8) is 0 Å². The van der Waals surface area contributed by atoms with Gasteiger partial charge >= 0.3 is 10.2 Å². The predicted octanol–water partition coefficient (Wildman–Crippen LogP) is 2.76. The maximum Gasteiger partial charge on any atom is 0.304 e. The number of hydrogen-bond donors (Lipinski definition) is 0. The molecule has 2 atom stereocenters. The van der Waals surface area contributed by atoms with E-state index < -0.39 is 10.2 Å². The van der Waals surface area contributed by atoms with Gasteiger partial charge in [-0.1, -0.05) is 12.8 Å². The molecule has 0 aromatic heterocycles. The van der Waals surface area contributed by atoms with Crippen LogP contribution in [0.15, 0.2) is 18.2 Å². The first-order valence-electron chi connectivity index (χ1n) is 11.2. The zero-order chi connectivity index (χ0) is 21.8. The Morgan fingerprint density at radius 1 is 1.19 bits per heavy atom. The predicted molar refractivity (Wildman–Crippen MR) is 120 cm³/mol. The van der Waals surface area contributed by atoms with Crippen LogP contribution in [0.4, 0.5) is 11.4 Å². The molecule has 3 fully saturated rings. The summed E-state index contributed by atoms with van der Waals surface area (Å²) in [5, 5.41) is 8.89. The minimum atomic E-state index is -3.57. The summed E-state index contributed by atoms with van der Waals surface area (Å²) in [7, 11) is -1.94. The highest BCUT2D eigenvalue weighted by molar-refractivity contribution is 7.90. The standard InChI is InChI=1S/C22H32N4O4S/c1-29-22-8-7-20(17-21(22)24-12-14-30-15-13-24)26-11-10-25(31(26,27)28)19-6-2-4-18(16-19)5-3-9-23/h7-8,17-19H,2-6,10-16H2,1H3/t18?,19-/m1/s1. The second-order valence-electron chi connectivity index (χ2n) is 8.53. The van der Waals surface area contributed by atoms with E-state index in [0.717, 1.165) is 56.6 Å². The maximum atomic E-state index is 13.5. The maximum absolute atomic E-state index is 13.5. The fourth-order valence-corrected chi connectivity index (χ4v) is 6.95. The molecule has 1 aliphatic carbocycles. The topological polar surface area (TPSA) is 86.1 Å². The van der Waals surface area contributed by atoms with Crippen LogP contribution >= 0.6 is 0 Å². The summed E-state index contributed by atoms with van der Waals surface area (Å²) in [5.41, 5.74) is 1.59. The Labute approximate surface area is 185 Å². The number of rotatable bonds is 6. The lowest BCUT2D eigenvalue weighted by molar-refractivity contribution is 0.122. The summed E-state index contributed by atoms with van der Waals surface area (Å²) >= 11 is 0. The molecule has 3 aliphatic rings. The van der Waals surface area contributed by atoms with Crippen LogP contribution in [0.3, 0.4) is 0 Å². The third-order valence-electron chi connectivity index (χ3n) is 6.73. The SMILES string of the molecule is COc1ccc(N2CCN([C@@H]3CCCC(CCC#N)C3)S2(=O)=O)cc1N1CCOCC1. The molecule has 1 saturated carbocycles. The van der Waals surface area contributed by atoms with E-state index in [9.17, 15) is 8.42 Å². The van der Waals surface area contributed by atoms with Crippen LogP contribution in [0.25, 0.3) is 0 Å². The van der Waals surface area contributed by atoms with E-state index >= 15 is 0 Å². The van der Waals surface area contributed by atoms with Crippen molar-refractivity contribution in [2.45, 2.75) is 44.6 Å². The van der Waals surface area contributed by atoms with Crippen molar-refractivity contribution in [2.75, 3.05) is 55.7 Å². The summed E-state index contributed by atoms with van der Waals surface area (Å²) in [6, 6.07) is 7.88. The van der Waals surface area contributed by atoms with Crippen molar-refractivity contribution in [1.82, 2.24) is 4.31 Å². The lowest BCUT2D eigenvalue weighted by Gasteiger charge is -2.34. The van der Waals surface area contributed by atoms with Crippen molar-refractivity contribution >= 4 is 21.6 Å². The summed E-state index contributed by atoms with van der Waals surface area (Å²) < 4.78 is 41.2. The normalized spacial score (nSPS) is 26.6. The molecule has 8 nitrogen and oxygen atoms in total. The number of anilines is 2. The molecule has 2 aliphatic heterocycles. The Bertz CT molecular complexity index is 911. The van der Waals surface area contributed by atoms with Gasteiger partial charge in [0, 0.05) is 38.6 Å². The van der Waals surface area contributed by atoms with Gasteiger partial charge in [0.2, 0.25) is 0 Å².